The zero-order valence-electron chi connectivity index (χ0n) is 16.0. The molecule has 0 fully saturated rings. The van der Waals surface area contributed by atoms with Crippen LogP contribution in [0.25, 0.3) is 50.1 Å². The molecule has 4 aromatic carbocycles. The summed E-state index contributed by atoms with van der Waals surface area (Å²) in [5, 5.41) is 2.34. The molecular formula is C26H16BrN3. The van der Waals surface area contributed by atoms with Gasteiger partial charge in [-0.1, -0.05) is 88.7 Å². The smallest absolute Gasteiger partial charge is 0.235 e. The highest BCUT2D eigenvalue weighted by Crippen LogP contribution is 2.35. The number of nitrogens with zero attached hydrogens (tertiary/aromatic N) is 3. The Kier molecular flexibility index (Phi) is 3.93. The van der Waals surface area contributed by atoms with Gasteiger partial charge in [0.2, 0.25) is 5.78 Å². The summed E-state index contributed by atoms with van der Waals surface area (Å²) in [5.74, 6) is 0.708. The van der Waals surface area contributed by atoms with E-state index in [1.54, 1.807) is 0 Å². The van der Waals surface area contributed by atoms with E-state index in [0.717, 1.165) is 38.0 Å². The first-order chi connectivity index (χ1) is 14.8. The highest BCUT2D eigenvalue weighted by atomic mass is 79.9. The largest absolute Gasteiger partial charge is 0.276 e. The Labute approximate surface area is 181 Å². The highest BCUT2D eigenvalue weighted by Gasteiger charge is 2.15. The van der Waals surface area contributed by atoms with Crippen molar-refractivity contribution < 1.29 is 0 Å². The zero-order chi connectivity index (χ0) is 20.1. The molecule has 0 amide bonds. The predicted octanol–water partition coefficient (Wildman–Crippen LogP) is 7.13. The number of aromatic nitrogens is 3. The molecule has 0 radical (unpaired) electrons. The van der Waals surface area contributed by atoms with Crippen LogP contribution in [0.15, 0.2) is 102 Å². The third-order valence-electron chi connectivity index (χ3n) is 5.49. The van der Waals surface area contributed by atoms with Gasteiger partial charge in [-0.05, 0) is 40.6 Å². The van der Waals surface area contributed by atoms with Gasteiger partial charge in [-0.25, -0.2) is 9.97 Å². The number of hydrogen-bond donors (Lipinski definition) is 0. The Bertz CT molecular complexity index is 1550. The van der Waals surface area contributed by atoms with Crippen LogP contribution in [0.1, 0.15) is 0 Å². The molecule has 142 valence electrons. The standard InChI is InChI=1S/C26H16BrN3/c27-21-15-14-20(18-10-4-5-11-19(18)21)23-16-25(17-8-2-1-3-9-17)30-24-13-7-6-12-22(24)28-26(30)29-23/h1-16H. The Morgan fingerprint density at radius 3 is 2.27 bits per heavy atom. The monoisotopic (exact) mass is 449 g/mol. The van der Waals surface area contributed by atoms with Crippen molar-refractivity contribution in [3.63, 3.8) is 0 Å². The topological polar surface area (TPSA) is 30.2 Å². The van der Waals surface area contributed by atoms with E-state index >= 15 is 0 Å². The van der Waals surface area contributed by atoms with E-state index in [2.05, 4.69) is 93.1 Å². The molecule has 0 atom stereocenters. The van der Waals surface area contributed by atoms with Crippen LogP contribution in [0.2, 0.25) is 0 Å². The van der Waals surface area contributed by atoms with Gasteiger partial charge in [0.15, 0.2) is 0 Å². The van der Waals surface area contributed by atoms with Crippen LogP contribution in [0.3, 0.4) is 0 Å². The molecule has 0 spiro atoms. The summed E-state index contributed by atoms with van der Waals surface area (Å²) >= 11 is 3.68. The third kappa shape index (κ3) is 2.65. The average Bonchev–Trinajstić information content (AvgIpc) is 3.18. The first kappa shape index (κ1) is 17.4. The summed E-state index contributed by atoms with van der Waals surface area (Å²) in [6.45, 7) is 0. The fourth-order valence-corrected chi connectivity index (χ4v) is 4.58. The Hall–Kier alpha value is -3.50. The number of fused-ring (bicyclic) bond motifs is 4. The van der Waals surface area contributed by atoms with Gasteiger partial charge < -0.3 is 0 Å². The van der Waals surface area contributed by atoms with Crippen molar-refractivity contribution in [2.45, 2.75) is 0 Å². The number of halogens is 1. The number of imidazole rings is 1. The molecule has 0 unspecified atom stereocenters. The summed E-state index contributed by atoms with van der Waals surface area (Å²) < 4.78 is 3.23. The van der Waals surface area contributed by atoms with Gasteiger partial charge in [-0.3, -0.25) is 4.40 Å². The number of rotatable bonds is 2. The molecule has 0 aliphatic carbocycles. The quantitative estimate of drug-likeness (QED) is 0.281. The summed E-state index contributed by atoms with van der Waals surface area (Å²) in [5.41, 5.74) is 6.24. The second-order valence-corrected chi connectivity index (χ2v) is 8.12. The van der Waals surface area contributed by atoms with Gasteiger partial charge in [-0.15, -0.1) is 0 Å². The van der Waals surface area contributed by atoms with Gasteiger partial charge >= 0.3 is 0 Å². The molecule has 3 nitrogen and oxygen atoms in total. The SMILES string of the molecule is Brc1ccc(-c2cc(-c3ccccc3)n3c(n2)nc2ccccc23)c2ccccc12. The van der Waals surface area contributed by atoms with E-state index in [9.17, 15) is 0 Å². The summed E-state index contributed by atoms with van der Waals surface area (Å²) in [7, 11) is 0. The minimum Gasteiger partial charge on any atom is -0.276 e. The molecule has 0 N–H and O–H groups in total. The lowest BCUT2D eigenvalue weighted by atomic mass is 10.0. The Morgan fingerprint density at radius 2 is 1.40 bits per heavy atom. The van der Waals surface area contributed by atoms with Crippen LogP contribution in [-0.2, 0) is 0 Å². The zero-order valence-corrected chi connectivity index (χ0v) is 17.5. The molecule has 0 bridgehead atoms. The number of benzene rings is 4. The number of hydrogen-bond acceptors (Lipinski definition) is 2. The third-order valence-corrected chi connectivity index (χ3v) is 6.19. The van der Waals surface area contributed by atoms with Crippen LogP contribution >= 0.6 is 15.9 Å². The van der Waals surface area contributed by atoms with E-state index in [0.29, 0.717) is 5.78 Å². The summed E-state index contributed by atoms with van der Waals surface area (Å²) in [6.07, 6.45) is 0. The Balaban J connectivity index is 1.74. The molecule has 0 saturated carbocycles. The lowest BCUT2D eigenvalue weighted by molar-refractivity contribution is 1.14. The highest BCUT2D eigenvalue weighted by molar-refractivity contribution is 9.10. The van der Waals surface area contributed by atoms with Crippen LogP contribution in [0.4, 0.5) is 0 Å². The molecule has 4 heteroatoms. The van der Waals surface area contributed by atoms with E-state index < -0.39 is 0 Å². The van der Waals surface area contributed by atoms with Gasteiger partial charge in [0, 0.05) is 10.0 Å². The molecule has 2 aromatic heterocycles. The van der Waals surface area contributed by atoms with Crippen LogP contribution < -0.4 is 0 Å². The van der Waals surface area contributed by atoms with Crippen molar-refractivity contribution in [3.05, 3.63) is 102 Å². The molecular weight excluding hydrogens is 434 g/mol. The molecule has 0 aliphatic heterocycles. The summed E-state index contributed by atoms with van der Waals surface area (Å²) in [6, 6.07) is 33.4. The molecule has 6 rings (SSSR count). The Morgan fingerprint density at radius 1 is 0.667 bits per heavy atom. The van der Waals surface area contributed by atoms with Crippen molar-refractivity contribution in [2.75, 3.05) is 0 Å². The van der Waals surface area contributed by atoms with Crippen molar-refractivity contribution in [1.29, 1.82) is 0 Å². The normalized spacial score (nSPS) is 11.5. The molecule has 0 saturated heterocycles. The first-order valence-electron chi connectivity index (χ1n) is 9.81. The lowest BCUT2D eigenvalue weighted by Gasteiger charge is -2.12. The fourth-order valence-electron chi connectivity index (χ4n) is 4.10. The van der Waals surface area contributed by atoms with Gasteiger partial charge in [0.1, 0.15) is 0 Å². The molecule has 6 aromatic rings. The predicted molar refractivity (Wildman–Crippen MR) is 127 cm³/mol. The fraction of sp³-hybridized carbons (Fsp3) is 0. The average molecular weight is 450 g/mol. The first-order valence-corrected chi connectivity index (χ1v) is 10.6. The van der Waals surface area contributed by atoms with E-state index in [1.165, 1.54) is 10.8 Å². The van der Waals surface area contributed by atoms with Crippen LogP contribution in [-0.4, -0.2) is 14.4 Å². The van der Waals surface area contributed by atoms with Crippen LogP contribution in [0, 0.1) is 0 Å². The van der Waals surface area contributed by atoms with Crippen molar-refractivity contribution in [2.24, 2.45) is 0 Å². The van der Waals surface area contributed by atoms with Gasteiger partial charge in [0.25, 0.3) is 0 Å². The maximum atomic E-state index is 4.99. The van der Waals surface area contributed by atoms with Crippen LogP contribution in [0.5, 0.6) is 0 Å². The van der Waals surface area contributed by atoms with Crippen molar-refractivity contribution >= 4 is 43.5 Å². The molecule has 0 aliphatic rings. The van der Waals surface area contributed by atoms with E-state index in [4.69, 9.17) is 9.97 Å². The summed E-state index contributed by atoms with van der Waals surface area (Å²) in [4.78, 5) is 9.81. The lowest BCUT2D eigenvalue weighted by Crippen LogP contribution is -1.98. The molecule has 30 heavy (non-hydrogen) atoms. The van der Waals surface area contributed by atoms with E-state index in [1.807, 2.05) is 24.3 Å². The maximum Gasteiger partial charge on any atom is 0.235 e. The second kappa shape index (κ2) is 6.78. The second-order valence-electron chi connectivity index (χ2n) is 7.27. The minimum atomic E-state index is 0.708. The number of para-hydroxylation sites is 2. The van der Waals surface area contributed by atoms with Crippen molar-refractivity contribution in [3.8, 4) is 22.5 Å². The van der Waals surface area contributed by atoms with Gasteiger partial charge in [0.05, 0.1) is 22.4 Å². The van der Waals surface area contributed by atoms with Gasteiger partial charge in [-0.2, -0.15) is 0 Å². The maximum absolute atomic E-state index is 4.99. The minimum absolute atomic E-state index is 0.708. The van der Waals surface area contributed by atoms with Crippen molar-refractivity contribution in [1.82, 2.24) is 14.4 Å². The molecule has 2 heterocycles. The van der Waals surface area contributed by atoms with E-state index in [-0.39, 0.29) is 0 Å².